The van der Waals surface area contributed by atoms with Crippen molar-refractivity contribution in [3.63, 3.8) is 0 Å². The van der Waals surface area contributed by atoms with E-state index in [1.165, 1.54) is 12.8 Å². The summed E-state index contributed by atoms with van der Waals surface area (Å²) < 4.78 is 6.78. The monoisotopic (exact) mass is 451 g/mol. The molecule has 0 rings (SSSR count). The first-order valence-corrected chi connectivity index (χ1v) is 11.8. The number of hydrogen-bond acceptors (Lipinski definition) is 3. The SMILES string of the molecule is CCC([O][Sn][CH](C)CCCC(C)N)SI. The van der Waals surface area contributed by atoms with Crippen molar-refractivity contribution in [3.05, 3.63) is 0 Å². The molecule has 2 nitrogen and oxygen atoms in total. The van der Waals surface area contributed by atoms with Gasteiger partial charge in [0.05, 0.1) is 0 Å². The number of rotatable bonds is 9. The topological polar surface area (TPSA) is 35.2 Å². The molecule has 0 aromatic rings. The molecule has 0 fully saturated rings. The van der Waals surface area contributed by atoms with Crippen molar-refractivity contribution in [2.75, 3.05) is 0 Å². The minimum absolute atomic E-state index is 0.358. The Hall–Kier alpha value is 1.80. The molecule has 0 aliphatic carbocycles. The minimum atomic E-state index is -0.620. The average molecular weight is 450 g/mol. The molecule has 3 atom stereocenters. The van der Waals surface area contributed by atoms with Crippen LogP contribution >= 0.6 is 30.1 Å². The summed E-state index contributed by atoms with van der Waals surface area (Å²) in [5, 5.41) is 0. The van der Waals surface area contributed by atoms with Crippen LogP contribution in [0.5, 0.6) is 0 Å². The average Bonchev–Trinajstić information content (AvgIpc) is 2.18. The van der Waals surface area contributed by atoms with Gasteiger partial charge in [0.25, 0.3) is 0 Å². The molecule has 0 spiro atoms. The fraction of sp³-hybridized carbons (Fsp3) is 1.00. The Bertz CT molecular complexity index is 147. The third-order valence-corrected chi connectivity index (χ3v) is 8.12. The molecule has 0 heterocycles. The van der Waals surface area contributed by atoms with Crippen molar-refractivity contribution in [1.29, 1.82) is 0 Å². The molecule has 0 amide bonds. The summed E-state index contributed by atoms with van der Waals surface area (Å²) in [5.74, 6) is 0. The second kappa shape index (κ2) is 10.9. The van der Waals surface area contributed by atoms with Gasteiger partial charge in [0.15, 0.2) is 0 Å². The van der Waals surface area contributed by atoms with Gasteiger partial charge < -0.3 is 0 Å². The molecular formula is C10H22INOSSn. The van der Waals surface area contributed by atoms with Gasteiger partial charge in [-0.25, -0.2) is 0 Å². The van der Waals surface area contributed by atoms with E-state index >= 15 is 0 Å². The van der Waals surface area contributed by atoms with Crippen LogP contribution in [0.25, 0.3) is 0 Å². The van der Waals surface area contributed by atoms with E-state index in [4.69, 9.17) is 8.81 Å². The molecule has 0 saturated heterocycles. The summed E-state index contributed by atoms with van der Waals surface area (Å²) in [4.78, 5) is 0. The predicted molar refractivity (Wildman–Crippen MR) is 79.5 cm³/mol. The van der Waals surface area contributed by atoms with Gasteiger partial charge in [0.2, 0.25) is 0 Å². The van der Waals surface area contributed by atoms with E-state index in [0.717, 1.165) is 16.8 Å². The molecule has 0 aliphatic heterocycles. The van der Waals surface area contributed by atoms with Crippen LogP contribution in [0.15, 0.2) is 0 Å². The molecule has 2 N–H and O–H groups in total. The standard InChI is InChI=1S/C7H16N.C3H6IOS.Sn/c1-3-4-5-6-7(2)8;1-2-3(5)6-4;/h3,7H,4-6,8H2,1-2H3;3H,2H2,1H3;/q;-1;+1. The summed E-state index contributed by atoms with van der Waals surface area (Å²) >= 11 is 1.72. The third kappa shape index (κ3) is 10.7. The zero-order chi connectivity index (χ0) is 11.7. The van der Waals surface area contributed by atoms with Crippen LogP contribution in [-0.2, 0) is 3.07 Å². The van der Waals surface area contributed by atoms with Crippen LogP contribution in [0.3, 0.4) is 0 Å². The Morgan fingerprint density at radius 3 is 2.53 bits per heavy atom. The third-order valence-electron chi connectivity index (χ3n) is 2.13. The predicted octanol–water partition coefficient (Wildman–Crippen LogP) is 3.77. The van der Waals surface area contributed by atoms with Crippen molar-refractivity contribution in [2.24, 2.45) is 5.73 Å². The normalized spacial score (nSPS) is 17.4. The van der Waals surface area contributed by atoms with Crippen molar-refractivity contribution in [2.45, 2.75) is 61.9 Å². The van der Waals surface area contributed by atoms with Crippen molar-refractivity contribution < 1.29 is 3.07 Å². The van der Waals surface area contributed by atoms with Crippen molar-refractivity contribution >= 4 is 51.7 Å². The van der Waals surface area contributed by atoms with E-state index < -0.39 is 21.6 Å². The summed E-state index contributed by atoms with van der Waals surface area (Å²) in [6.07, 6.45) is 4.84. The Balaban J connectivity index is 3.43. The van der Waals surface area contributed by atoms with Crippen LogP contribution in [0, 0.1) is 0 Å². The summed E-state index contributed by atoms with van der Waals surface area (Å²) in [6.45, 7) is 6.61. The maximum absolute atomic E-state index is 5.95. The van der Waals surface area contributed by atoms with Gasteiger partial charge >= 0.3 is 122 Å². The summed E-state index contributed by atoms with van der Waals surface area (Å²) in [6, 6.07) is 0.358. The number of halogens is 1. The maximum atomic E-state index is 5.95. The zero-order valence-electron chi connectivity index (χ0n) is 9.83. The molecule has 3 unspecified atom stereocenters. The van der Waals surface area contributed by atoms with Gasteiger partial charge in [-0.15, -0.1) is 0 Å². The van der Waals surface area contributed by atoms with Crippen molar-refractivity contribution in [1.82, 2.24) is 0 Å². The number of hydrogen-bond donors (Lipinski definition) is 1. The number of nitrogens with two attached hydrogens (primary N) is 1. The van der Waals surface area contributed by atoms with E-state index in [1.54, 1.807) is 0 Å². The first-order valence-electron chi connectivity index (χ1n) is 5.54. The van der Waals surface area contributed by atoms with E-state index in [-0.39, 0.29) is 0 Å². The molecular weight excluding hydrogens is 428 g/mol. The van der Waals surface area contributed by atoms with Crippen molar-refractivity contribution in [3.8, 4) is 0 Å². The second-order valence-corrected chi connectivity index (χ2v) is 10.4. The molecule has 90 valence electrons. The molecule has 0 saturated carbocycles. The van der Waals surface area contributed by atoms with Crippen LogP contribution in [-0.4, -0.2) is 33.0 Å². The quantitative estimate of drug-likeness (QED) is 0.330. The van der Waals surface area contributed by atoms with Gasteiger partial charge in [-0.1, -0.05) is 0 Å². The molecule has 0 aromatic heterocycles. The first kappa shape index (κ1) is 16.8. The fourth-order valence-corrected chi connectivity index (χ4v) is 7.67. The molecule has 5 heteroatoms. The molecule has 0 aliphatic rings. The van der Waals surface area contributed by atoms with E-state index in [0.29, 0.717) is 11.5 Å². The van der Waals surface area contributed by atoms with Gasteiger partial charge in [-0.2, -0.15) is 0 Å². The van der Waals surface area contributed by atoms with Crippen LogP contribution < -0.4 is 5.73 Å². The molecule has 2 radical (unpaired) electrons. The molecule has 0 bridgehead atoms. The Morgan fingerprint density at radius 1 is 1.40 bits per heavy atom. The Morgan fingerprint density at radius 2 is 2.07 bits per heavy atom. The first-order chi connectivity index (χ1) is 7.10. The summed E-state index contributed by atoms with van der Waals surface area (Å²) in [5.41, 5.74) is 6.16. The van der Waals surface area contributed by atoms with E-state index in [9.17, 15) is 0 Å². The van der Waals surface area contributed by atoms with E-state index in [2.05, 4.69) is 42.0 Å². The zero-order valence-corrected chi connectivity index (χ0v) is 15.7. The van der Waals surface area contributed by atoms with Crippen LogP contribution in [0.1, 0.15) is 46.5 Å². The van der Waals surface area contributed by atoms with Gasteiger partial charge in [-0.3, -0.25) is 0 Å². The van der Waals surface area contributed by atoms with Gasteiger partial charge in [-0.05, 0) is 0 Å². The van der Waals surface area contributed by atoms with Crippen LogP contribution in [0.2, 0.25) is 3.93 Å². The Kier molecular flexibility index (Phi) is 12.2. The molecule has 0 aromatic carbocycles. The molecule has 15 heavy (non-hydrogen) atoms. The fourth-order valence-electron chi connectivity index (χ4n) is 1.16. The second-order valence-electron chi connectivity index (χ2n) is 3.97. The summed E-state index contributed by atoms with van der Waals surface area (Å²) in [7, 11) is 1.81. The van der Waals surface area contributed by atoms with Gasteiger partial charge in [0.1, 0.15) is 0 Å². The van der Waals surface area contributed by atoms with Gasteiger partial charge in [0, 0.05) is 0 Å². The Labute approximate surface area is 121 Å². The van der Waals surface area contributed by atoms with E-state index in [1.807, 2.05) is 8.93 Å². The van der Waals surface area contributed by atoms with Crippen LogP contribution in [0.4, 0.5) is 0 Å².